The van der Waals surface area contributed by atoms with Gasteiger partial charge in [0, 0.05) is 12.1 Å². The number of nitrogens with zero attached hydrogens (tertiary/aromatic N) is 1. The average Bonchev–Trinajstić information content (AvgIpc) is 3.15. The lowest BCUT2D eigenvalue weighted by Gasteiger charge is -2.37. The Hall–Kier alpha value is -1.30. The number of carboxylic acids is 1. The Labute approximate surface area is 126 Å². The third-order valence-electron chi connectivity index (χ3n) is 5.27. The first kappa shape index (κ1) is 16.1. The molecule has 2 fully saturated rings. The molecular weight excluding hydrogens is 270 g/mol. The highest BCUT2D eigenvalue weighted by Gasteiger charge is 2.48. The molecule has 3 N–H and O–H groups in total. The van der Waals surface area contributed by atoms with Crippen LogP contribution < -0.4 is 10.6 Å². The van der Waals surface area contributed by atoms with E-state index in [2.05, 4.69) is 15.5 Å². The largest absolute Gasteiger partial charge is 0.480 e. The molecular formula is C15H27N3O3. The van der Waals surface area contributed by atoms with Crippen LogP contribution in [-0.4, -0.2) is 53.7 Å². The van der Waals surface area contributed by atoms with Crippen molar-refractivity contribution in [2.75, 3.05) is 20.6 Å². The minimum Gasteiger partial charge on any atom is -0.480 e. The molecule has 1 unspecified atom stereocenters. The van der Waals surface area contributed by atoms with Crippen LogP contribution in [0.3, 0.4) is 0 Å². The van der Waals surface area contributed by atoms with E-state index in [0.717, 1.165) is 25.7 Å². The van der Waals surface area contributed by atoms with Crippen LogP contribution in [0.2, 0.25) is 0 Å². The Morgan fingerprint density at radius 3 is 2.29 bits per heavy atom. The molecule has 2 saturated carbocycles. The zero-order valence-corrected chi connectivity index (χ0v) is 13.2. The molecule has 0 aromatic rings. The first-order chi connectivity index (χ1) is 9.80. The van der Waals surface area contributed by atoms with E-state index in [1.165, 1.54) is 12.8 Å². The molecule has 2 aliphatic rings. The zero-order chi connectivity index (χ0) is 15.7. The molecule has 21 heavy (non-hydrogen) atoms. The standard InChI is InChI=1S/C15H27N3O3/c1-14(12(19)20,11-6-7-11)17-13(21)16-10-15(18(2)3)8-4-5-9-15/h11H,4-10H2,1-3H3,(H,19,20)(H2,16,17,21). The number of carbonyl (C=O) groups excluding carboxylic acids is 1. The summed E-state index contributed by atoms with van der Waals surface area (Å²) in [6, 6.07) is -0.375. The molecule has 0 heterocycles. The van der Waals surface area contributed by atoms with E-state index in [0.29, 0.717) is 6.54 Å². The van der Waals surface area contributed by atoms with Gasteiger partial charge in [0.05, 0.1) is 0 Å². The van der Waals surface area contributed by atoms with Crippen LogP contribution in [0.4, 0.5) is 4.79 Å². The van der Waals surface area contributed by atoms with E-state index in [1.54, 1.807) is 6.92 Å². The van der Waals surface area contributed by atoms with Gasteiger partial charge in [-0.05, 0) is 52.6 Å². The Bertz CT molecular complexity index is 414. The van der Waals surface area contributed by atoms with E-state index in [9.17, 15) is 14.7 Å². The van der Waals surface area contributed by atoms with Crippen molar-refractivity contribution < 1.29 is 14.7 Å². The molecule has 0 spiro atoms. The van der Waals surface area contributed by atoms with Crippen molar-refractivity contribution in [3.05, 3.63) is 0 Å². The molecule has 0 aliphatic heterocycles. The number of amides is 2. The van der Waals surface area contributed by atoms with Gasteiger partial charge in [-0.2, -0.15) is 0 Å². The van der Waals surface area contributed by atoms with Crippen LogP contribution in [-0.2, 0) is 4.79 Å². The first-order valence-electron chi connectivity index (χ1n) is 7.77. The lowest BCUT2D eigenvalue weighted by Crippen LogP contribution is -2.59. The van der Waals surface area contributed by atoms with Gasteiger partial charge in [-0.3, -0.25) is 0 Å². The number of hydrogen-bond donors (Lipinski definition) is 3. The Morgan fingerprint density at radius 1 is 1.29 bits per heavy atom. The van der Waals surface area contributed by atoms with Gasteiger partial charge in [-0.25, -0.2) is 9.59 Å². The van der Waals surface area contributed by atoms with Crippen molar-refractivity contribution in [2.45, 2.75) is 56.5 Å². The molecule has 1 atom stereocenters. The molecule has 2 amide bonds. The predicted molar refractivity (Wildman–Crippen MR) is 80.2 cm³/mol. The number of aliphatic carboxylic acids is 1. The maximum Gasteiger partial charge on any atom is 0.329 e. The van der Waals surface area contributed by atoms with Crippen LogP contribution in [0.15, 0.2) is 0 Å². The molecule has 0 saturated heterocycles. The lowest BCUT2D eigenvalue weighted by molar-refractivity contribution is -0.144. The van der Waals surface area contributed by atoms with Gasteiger partial charge in [0.2, 0.25) is 0 Å². The Morgan fingerprint density at radius 2 is 1.86 bits per heavy atom. The maximum atomic E-state index is 12.1. The molecule has 0 aromatic heterocycles. The highest BCUT2D eigenvalue weighted by Crippen LogP contribution is 2.39. The summed E-state index contributed by atoms with van der Waals surface area (Å²) in [5.74, 6) is -0.904. The third-order valence-corrected chi connectivity index (χ3v) is 5.27. The zero-order valence-electron chi connectivity index (χ0n) is 13.2. The van der Waals surface area contributed by atoms with Gasteiger partial charge in [-0.1, -0.05) is 12.8 Å². The summed E-state index contributed by atoms with van der Waals surface area (Å²) in [5.41, 5.74) is -1.14. The number of rotatable bonds is 6. The second-order valence-corrected chi connectivity index (χ2v) is 6.92. The fourth-order valence-electron chi connectivity index (χ4n) is 3.33. The molecule has 0 bridgehead atoms. The molecule has 0 radical (unpaired) electrons. The minimum atomic E-state index is -1.15. The fraction of sp³-hybridized carbons (Fsp3) is 0.867. The van der Waals surface area contributed by atoms with Crippen molar-refractivity contribution >= 4 is 12.0 Å². The Balaban J connectivity index is 1.91. The maximum absolute atomic E-state index is 12.1. The second kappa shape index (κ2) is 5.83. The fourth-order valence-corrected chi connectivity index (χ4v) is 3.33. The smallest absolute Gasteiger partial charge is 0.329 e. The van der Waals surface area contributed by atoms with Gasteiger partial charge in [0.1, 0.15) is 5.54 Å². The number of carbonyl (C=O) groups is 2. The van der Waals surface area contributed by atoms with Gasteiger partial charge in [0.15, 0.2) is 0 Å². The molecule has 2 rings (SSSR count). The third kappa shape index (κ3) is 3.31. The monoisotopic (exact) mass is 297 g/mol. The van der Waals surface area contributed by atoms with Crippen molar-refractivity contribution in [3.63, 3.8) is 0 Å². The van der Waals surface area contributed by atoms with Crippen molar-refractivity contribution in [2.24, 2.45) is 5.92 Å². The number of carboxylic acid groups (broad SMARTS) is 1. The van der Waals surface area contributed by atoms with Gasteiger partial charge in [0.25, 0.3) is 0 Å². The normalized spacial score (nSPS) is 23.6. The summed E-state index contributed by atoms with van der Waals surface area (Å²) in [4.78, 5) is 25.7. The molecule has 6 heteroatoms. The first-order valence-corrected chi connectivity index (χ1v) is 7.77. The van der Waals surface area contributed by atoms with Crippen LogP contribution in [0.5, 0.6) is 0 Å². The van der Waals surface area contributed by atoms with Crippen molar-refractivity contribution in [3.8, 4) is 0 Å². The van der Waals surface area contributed by atoms with E-state index < -0.39 is 11.5 Å². The number of likely N-dealkylation sites (N-methyl/N-ethyl adjacent to an activating group) is 1. The van der Waals surface area contributed by atoms with Crippen LogP contribution in [0.25, 0.3) is 0 Å². The summed E-state index contributed by atoms with van der Waals surface area (Å²) in [6.45, 7) is 2.16. The summed E-state index contributed by atoms with van der Waals surface area (Å²) >= 11 is 0. The molecule has 120 valence electrons. The van der Waals surface area contributed by atoms with E-state index in [1.807, 2.05) is 14.1 Å². The van der Waals surface area contributed by atoms with E-state index in [4.69, 9.17) is 0 Å². The molecule has 6 nitrogen and oxygen atoms in total. The van der Waals surface area contributed by atoms with Gasteiger partial charge < -0.3 is 20.6 Å². The summed E-state index contributed by atoms with van der Waals surface area (Å²) < 4.78 is 0. The number of nitrogens with one attached hydrogen (secondary N) is 2. The second-order valence-electron chi connectivity index (χ2n) is 6.92. The lowest BCUT2D eigenvalue weighted by atomic mass is 9.95. The number of hydrogen-bond acceptors (Lipinski definition) is 3. The van der Waals surface area contributed by atoms with Crippen LogP contribution in [0.1, 0.15) is 45.4 Å². The number of urea groups is 1. The SMILES string of the molecule is CN(C)C1(CNC(=O)NC(C)(C(=O)O)C2CC2)CCCC1. The summed E-state index contributed by atoms with van der Waals surface area (Å²) in [7, 11) is 4.08. The summed E-state index contributed by atoms with van der Waals surface area (Å²) in [6.07, 6.45) is 6.22. The van der Waals surface area contributed by atoms with Crippen LogP contribution >= 0.6 is 0 Å². The highest BCUT2D eigenvalue weighted by molar-refractivity contribution is 5.86. The van der Waals surface area contributed by atoms with Gasteiger partial charge >= 0.3 is 12.0 Å². The van der Waals surface area contributed by atoms with Crippen molar-refractivity contribution in [1.29, 1.82) is 0 Å². The molecule has 0 aromatic carbocycles. The topological polar surface area (TPSA) is 81.7 Å². The summed E-state index contributed by atoms with van der Waals surface area (Å²) in [5, 5.41) is 14.9. The average molecular weight is 297 g/mol. The quantitative estimate of drug-likeness (QED) is 0.692. The molecule has 2 aliphatic carbocycles. The van der Waals surface area contributed by atoms with Gasteiger partial charge in [-0.15, -0.1) is 0 Å². The minimum absolute atomic E-state index is 0.0105. The highest BCUT2D eigenvalue weighted by atomic mass is 16.4. The van der Waals surface area contributed by atoms with Crippen LogP contribution in [0, 0.1) is 5.92 Å². The Kier molecular flexibility index (Phi) is 4.46. The predicted octanol–water partition coefficient (Wildman–Crippen LogP) is 1.41. The van der Waals surface area contributed by atoms with Crippen molar-refractivity contribution in [1.82, 2.24) is 15.5 Å². The van der Waals surface area contributed by atoms with E-state index in [-0.39, 0.29) is 17.5 Å². The van der Waals surface area contributed by atoms with E-state index >= 15 is 0 Å².